The average Bonchev–Trinajstić information content (AvgIpc) is 2.83. The molecule has 1 saturated heterocycles. The molecule has 4 heteroatoms. The first kappa shape index (κ1) is 15.8. The molecule has 18 heavy (non-hydrogen) atoms. The fourth-order valence-electron chi connectivity index (χ4n) is 3.01. The first-order valence-corrected chi connectivity index (χ1v) is 7.27. The second-order valence-corrected chi connectivity index (χ2v) is 5.86. The quantitative estimate of drug-likeness (QED) is 0.828. The average molecular weight is 275 g/mol. The van der Waals surface area contributed by atoms with Crippen molar-refractivity contribution in [3.63, 3.8) is 0 Å². The molecule has 1 aliphatic heterocycles. The van der Waals surface area contributed by atoms with E-state index >= 15 is 0 Å². The molecule has 2 aliphatic rings. The Morgan fingerprint density at radius 1 is 1.22 bits per heavy atom. The van der Waals surface area contributed by atoms with Crippen LogP contribution in [0.15, 0.2) is 0 Å². The minimum absolute atomic E-state index is 0. The SMILES string of the molecule is CC1CCC(NC(=O)CCC2CCCN2)CC1.Cl. The molecular formula is C14H27ClN2O. The molecule has 0 radical (unpaired) electrons. The summed E-state index contributed by atoms with van der Waals surface area (Å²) in [6.07, 6.45) is 9.12. The molecule has 0 aromatic heterocycles. The van der Waals surface area contributed by atoms with Gasteiger partial charge in [-0.1, -0.05) is 6.92 Å². The number of carbonyl (C=O) groups excluding carboxylic acids is 1. The largest absolute Gasteiger partial charge is 0.353 e. The molecular weight excluding hydrogens is 248 g/mol. The van der Waals surface area contributed by atoms with E-state index in [4.69, 9.17) is 0 Å². The van der Waals surface area contributed by atoms with E-state index < -0.39 is 0 Å². The maximum atomic E-state index is 11.8. The smallest absolute Gasteiger partial charge is 0.220 e. The molecule has 0 aromatic carbocycles. The van der Waals surface area contributed by atoms with Gasteiger partial charge in [0, 0.05) is 18.5 Å². The molecule has 2 fully saturated rings. The van der Waals surface area contributed by atoms with Gasteiger partial charge in [-0.2, -0.15) is 0 Å². The summed E-state index contributed by atoms with van der Waals surface area (Å²) in [4.78, 5) is 11.8. The lowest BCUT2D eigenvalue weighted by Gasteiger charge is -2.27. The minimum atomic E-state index is 0. The number of nitrogens with one attached hydrogen (secondary N) is 2. The lowest BCUT2D eigenvalue weighted by atomic mass is 9.87. The van der Waals surface area contributed by atoms with Gasteiger partial charge in [-0.15, -0.1) is 12.4 Å². The van der Waals surface area contributed by atoms with Gasteiger partial charge in [0.2, 0.25) is 5.91 Å². The van der Waals surface area contributed by atoms with Gasteiger partial charge in [-0.05, 0) is 57.4 Å². The van der Waals surface area contributed by atoms with Crippen LogP contribution in [0.25, 0.3) is 0 Å². The van der Waals surface area contributed by atoms with Gasteiger partial charge in [-0.25, -0.2) is 0 Å². The highest BCUT2D eigenvalue weighted by Gasteiger charge is 2.20. The van der Waals surface area contributed by atoms with E-state index in [0.717, 1.165) is 18.9 Å². The predicted molar refractivity (Wildman–Crippen MR) is 77.1 cm³/mol. The standard InChI is InChI=1S/C14H26N2O.ClH/c1-11-4-6-13(7-5-11)16-14(17)9-8-12-3-2-10-15-12;/h11-13,15H,2-10H2,1H3,(H,16,17);1H. The molecule has 0 bridgehead atoms. The number of rotatable bonds is 4. The summed E-state index contributed by atoms with van der Waals surface area (Å²) >= 11 is 0. The molecule has 106 valence electrons. The zero-order valence-electron chi connectivity index (χ0n) is 11.4. The summed E-state index contributed by atoms with van der Waals surface area (Å²) in [6.45, 7) is 3.44. The van der Waals surface area contributed by atoms with Crippen molar-refractivity contribution < 1.29 is 4.79 Å². The third-order valence-electron chi connectivity index (χ3n) is 4.26. The summed E-state index contributed by atoms with van der Waals surface area (Å²) in [5.41, 5.74) is 0. The molecule has 1 amide bonds. The number of hydrogen-bond donors (Lipinski definition) is 2. The van der Waals surface area contributed by atoms with Crippen LogP contribution in [0.4, 0.5) is 0 Å². The molecule has 1 unspecified atom stereocenters. The summed E-state index contributed by atoms with van der Waals surface area (Å²) in [5, 5.41) is 6.64. The fourth-order valence-corrected chi connectivity index (χ4v) is 3.01. The Balaban J connectivity index is 0.00000162. The molecule has 0 aromatic rings. The lowest BCUT2D eigenvalue weighted by molar-refractivity contribution is -0.122. The van der Waals surface area contributed by atoms with Gasteiger partial charge in [0.1, 0.15) is 0 Å². The molecule has 1 saturated carbocycles. The van der Waals surface area contributed by atoms with E-state index in [0.29, 0.717) is 18.5 Å². The van der Waals surface area contributed by atoms with Crippen molar-refractivity contribution >= 4 is 18.3 Å². The zero-order chi connectivity index (χ0) is 12.1. The zero-order valence-corrected chi connectivity index (χ0v) is 12.2. The molecule has 1 aliphatic carbocycles. The predicted octanol–water partition coefficient (Wildman–Crippen LogP) is 2.64. The van der Waals surface area contributed by atoms with Gasteiger partial charge in [0.25, 0.3) is 0 Å². The number of hydrogen-bond acceptors (Lipinski definition) is 2. The molecule has 1 atom stereocenters. The van der Waals surface area contributed by atoms with Crippen molar-refractivity contribution in [1.82, 2.24) is 10.6 Å². The maximum Gasteiger partial charge on any atom is 0.220 e. The van der Waals surface area contributed by atoms with E-state index in [1.54, 1.807) is 0 Å². The van der Waals surface area contributed by atoms with Crippen LogP contribution in [0.2, 0.25) is 0 Å². The van der Waals surface area contributed by atoms with Gasteiger partial charge in [-0.3, -0.25) is 4.79 Å². The Labute approximate surface area is 117 Å². The Hall–Kier alpha value is -0.280. The van der Waals surface area contributed by atoms with Crippen LogP contribution >= 0.6 is 12.4 Å². The molecule has 2 N–H and O–H groups in total. The van der Waals surface area contributed by atoms with E-state index in [1.807, 2.05) is 0 Å². The topological polar surface area (TPSA) is 41.1 Å². The van der Waals surface area contributed by atoms with Crippen molar-refractivity contribution in [3.8, 4) is 0 Å². The summed E-state index contributed by atoms with van der Waals surface area (Å²) in [7, 11) is 0. The second kappa shape index (κ2) is 8.00. The van der Waals surface area contributed by atoms with Crippen LogP contribution in [-0.2, 0) is 4.79 Å². The van der Waals surface area contributed by atoms with Crippen LogP contribution < -0.4 is 10.6 Å². The van der Waals surface area contributed by atoms with Crippen molar-refractivity contribution in [2.24, 2.45) is 5.92 Å². The Kier molecular flexibility index (Phi) is 7.02. The van der Waals surface area contributed by atoms with Gasteiger partial charge < -0.3 is 10.6 Å². The molecule has 3 nitrogen and oxygen atoms in total. The van der Waals surface area contributed by atoms with E-state index in [2.05, 4.69) is 17.6 Å². The summed E-state index contributed by atoms with van der Waals surface area (Å²) < 4.78 is 0. The van der Waals surface area contributed by atoms with Gasteiger partial charge in [0.05, 0.1) is 0 Å². The Morgan fingerprint density at radius 2 is 1.94 bits per heavy atom. The van der Waals surface area contributed by atoms with Crippen LogP contribution in [-0.4, -0.2) is 24.5 Å². The summed E-state index contributed by atoms with van der Waals surface area (Å²) in [5.74, 6) is 1.11. The molecule has 2 rings (SSSR count). The normalized spacial score (nSPS) is 31.7. The highest BCUT2D eigenvalue weighted by molar-refractivity contribution is 5.85. The number of amides is 1. The van der Waals surface area contributed by atoms with Crippen LogP contribution in [0, 0.1) is 5.92 Å². The fraction of sp³-hybridized carbons (Fsp3) is 0.929. The van der Waals surface area contributed by atoms with Crippen molar-refractivity contribution in [1.29, 1.82) is 0 Å². The van der Waals surface area contributed by atoms with Gasteiger partial charge >= 0.3 is 0 Å². The monoisotopic (exact) mass is 274 g/mol. The highest BCUT2D eigenvalue weighted by Crippen LogP contribution is 2.23. The highest BCUT2D eigenvalue weighted by atomic mass is 35.5. The van der Waals surface area contributed by atoms with Gasteiger partial charge in [0.15, 0.2) is 0 Å². The third kappa shape index (κ3) is 5.15. The van der Waals surface area contributed by atoms with E-state index in [1.165, 1.54) is 38.5 Å². The minimum Gasteiger partial charge on any atom is -0.353 e. The van der Waals surface area contributed by atoms with Crippen molar-refractivity contribution in [3.05, 3.63) is 0 Å². The van der Waals surface area contributed by atoms with Crippen molar-refractivity contribution in [2.75, 3.05) is 6.54 Å². The van der Waals surface area contributed by atoms with E-state index in [9.17, 15) is 4.79 Å². The first-order valence-electron chi connectivity index (χ1n) is 7.27. The third-order valence-corrected chi connectivity index (χ3v) is 4.26. The van der Waals surface area contributed by atoms with Crippen molar-refractivity contribution in [2.45, 2.75) is 70.4 Å². The van der Waals surface area contributed by atoms with Crippen LogP contribution in [0.1, 0.15) is 58.3 Å². The van der Waals surface area contributed by atoms with E-state index in [-0.39, 0.29) is 18.3 Å². The molecule has 0 spiro atoms. The number of carbonyl (C=O) groups is 1. The molecule has 1 heterocycles. The Morgan fingerprint density at radius 3 is 2.56 bits per heavy atom. The summed E-state index contributed by atoms with van der Waals surface area (Å²) in [6, 6.07) is 1.04. The van der Waals surface area contributed by atoms with Crippen LogP contribution in [0.3, 0.4) is 0 Å². The van der Waals surface area contributed by atoms with Crippen LogP contribution in [0.5, 0.6) is 0 Å². The first-order chi connectivity index (χ1) is 8.24. The Bertz CT molecular complexity index is 246. The maximum absolute atomic E-state index is 11.8. The lowest BCUT2D eigenvalue weighted by Crippen LogP contribution is -2.37. The second-order valence-electron chi connectivity index (χ2n) is 5.86. The number of halogens is 1.